The molecular formula is C18H17BrF3NO3. The molecule has 140 valence electrons. The quantitative estimate of drug-likeness (QED) is 0.467. The molecule has 1 aromatic carbocycles. The predicted octanol–water partition coefficient (Wildman–Crippen LogP) is 5.17. The minimum absolute atomic E-state index is 0.0583. The Bertz CT molecular complexity index is 763. The third kappa shape index (κ3) is 4.75. The lowest BCUT2D eigenvalue weighted by Crippen LogP contribution is -2.10. The molecule has 0 N–H and O–H groups in total. The van der Waals surface area contributed by atoms with Crippen LogP contribution in [-0.4, -0.2) is 24.7 Å². The molecule has 1 aromatic heterocycles. The van der Waals surface area contributed by atoms with Crippen LogP contribution in [0.25, 0.3) is 11.3 Å². The van der Waals surface area contributed by atoms with Gasteiger partial charge in [0.05, 0.1) is 25.0 Å². The summed E-state index contributed by atoms with van der Waals surface area (Å²) in [7, 11) is 1.25. The first kappa shape index (κ1) is 20.2. The topological polar surface area (TPSA) is 48.4 Å². The second-order valence-electron chi connectivity index (χ2n) is 5.42. The van der Waals surface area contributed by atoms with Gasteiger partial charge >= 0.3 is 12.1 Å². The summed E-state index contributed by atoms with van der Waals surface area (Å²) in [6.07, 6.45) is -2.52. The van der Waals surface area contributed by atoms with E-state index in [1.807, 2.05) is 6.92 Å². The van der Waals surface area contributed by atoms with Gasteiger partial charge in [0.25, 0.3) is 0 Å². The van der Waals surface area contributed by atoms with Gasteiger partial charge in [-0.25, -0.2) is 0 Å². The molecule has 2 rings (SSSR count). The number of hydrogen-bond donors (Lipinski definition) is 0. The zero-order valence-electron chi connectivity index (χ0n) is 14.1. The fourth-order valence-corrected chi connectivity index (χ4v) is 2.70. The first-order valence-corrected chi connectivity index (χ1v) is 8.71. The highest BCUT2D eigenvalue weighted by molar-refractivity contribution is 9.09. The molecule has 1 atom stereocenters. The van der Waals surface area contributed by atoms with Crippen LogP contribution in [0.15, 0.2) is 36.5 Å². The number of hydrogen-bond acceptors (Lipinski definition) is 4. The molecule has 0 radical (unpaired) electrons. The monoisotopic (exact) mass is 431 g/mol. The summed E-state index contributed by atoms with van der Waals surface area (Å²) in [5.74, 6) is -0.362. The molecule has 0 aliphatic rings. The van der Waals surface area contributed by atoms with Gasteiger partial charge in [0.15, 0.2) is 0 Å². The van der Waals surface area contributed by atoms with Crippen molar-refractivity contribution in [2.75, 3.05) is 13.7 Å². The highest BCUT2D eigenvalue weighted by atomic mass is 79.9. The van der Waals surface area contributed by atoms with E-state index < -0.39 is 22.5 Å². The molecule has 26 heavy (non-hydrogen) atoms. The number of alkyl halides is 4. The van der Waals surface area contributed by atoms with Gasteiger partial charge in [-0.3, -0.25) is 9.78 Å². The zero-order valence-corrected chi connectivity index (χ0v) is 15.7. The van der Waals surface area contributed by atoms with Crippen LogP contribution < -0.4 is 4.74 Å². The van der Waals surface area contributed by atoms with Crippen molar-refractivity contribution in [1.82, 2.24) is 4.98 Å². The number of carbonyl (C=O) groups is 1. The lowest BCUT2D eigenvalue weighted by atomic mass is 10.0. The Morgan fingerprint density at radius 1 is 1.27 bits per heavy atom. The molecule has 0 saturated carbocycles. The number of nitrogens with zero attached hydrogens (tertiary/aromatic N) is 1. The maximum atomic E-state index is 13.4. The predicted molar refractivity (Wildman–Crippen MR) is 94.1 cm³/mol. The standard InChI is InChI=1S/C18H17BrF3NO3/c1-3-8-26-12-5-6-13(14(9-12)18(20,21)22)15-7-4-11(10-23-15)16(19)17(24)25-2/h4-7,9-10,16H,3,8H2,1-2H3. The zero-order chi connectivity index (χ0) is 19.3. The summed E-state index contributed by atoms with van der Waals surface area (Å²) in [5, 5.41) is 0. The molecule has 2 aromatic rings. The van der Waals surface area contributed by atoms with Crippen molar-refractivity contribution in [3.8, 4) is 17.0 Å². The minimum atomic E-state index is -4.55. The van der Waals surface area contributed by atoms with Crippen molar-refractivity contribution < 1.29 is 27.4 Å². The average molecular weight is 432 g/mol. The van der Waals surface area contributed by atoms with E-state index in [2.05, 4.69) is 25.7 Å². The number of pyridine rings is 1. The molecule has 1 heterocycles. The highest BCUT2D eigenvalue weighted by Crippen LogP contribution is 2.39. The summed E-state index contributed by atoms with van der Waals surface area (Å²) < 4.78 is 50.2. The molecule has 0 amide bonds. The number of aromatic nitrogens is 1. The van der Waals surface area contributed by atoms with Gasteiger partial charge in [-0.2, -0.15) is 13.2 Å². The van der Waals surface area contributed by atoms with E-state index in [1.165, 1.54) is 37.6 Å². The molecule has 0 aliphatic carbocycles. The number of benzene rings is 1. The summed E-state index contributed by atoms with van der Waals surface area (Å²) in [5.41, 5.74) is -0.253. The minimum Gasteiger partial charge on any atom is -0.494 e. The number of halogens is 4. The summed E-state index contributed by atoms with van der Waals surface area (Å²) in [6, 6.07) is 6.76. The Labute approximate surface area is 157 Å². The third-order valence-corrected chi connectivity index (χ3v) is 4.43. The van der Waals surface area contributed by atoms with Crippen molar-refractivity contribution >= 4 is 21.9 Å². The number of esters is 1. The van der Waals surface area contributed by atoms with Crippen LogP contribution in [0, 0.1) is 0 Å². The highest BCUT2D eigenvalue weighted by Gasteiger charge is 2.34. The Morgan fingerprint density at radius 2 is 2.00 bits per heavy atom. The fraction of sp³-hybridized carbons (Fsp3) is 0.333. The first-order valence-electron chi connectivity index (χ1n) is 7.80. The second-order valence-corrected chi connectivity index (χ2v) is 6.33. The molecule has 0 saturated heterocycles. The molecular weight excluding hydrogens is 415 g/mol. The van der Waals surface area contributed by atoms with E-state index in [0.29, 0.717) is 18.6 Å². The van der Waals surface area contributed by atoms with Crippen molar-refractivity contribution in [3.05, 3.63) is 47.7 Å². The Kier molecular flexibility index (Phi) is 6.63. The lowest BCUT2D eigenvalue weighted by Gasteiger charge is -2.15. The number of carbonyl (C=O) groups excluding carboxylic acids is 1. The van der Waals surface area contributed by atoms with E-state index in [0.717, 1.165) is 6.07 Å². The Balaban J connectivity index is 2.39. The molecule has 0 aliphatic heterocycles. The maximum Gasteiger partial charge on any atom is 0.417 e. The number of rotatable bonds is 6. The average Bonchev–Trinajstić information content (AvgIpc) is 2.64. The van der Waals surface area contributed by atoms with Gasteiger partial charge in [-0.15, -0.1) is 0 Å². The van der Waals surface area contributed by atoms with Crippen molar-refractivity contribution in [1.29, 1.82) is 0 Å². The van der Waals surface area contributed by atoms with Crippen LogP contribution in [-0.2, 0) is 15.7 Å². The van der Waals surface area contributed by atoms with Gasteiger partial charge in [0.2, 0.25) is 0 Å². The smallest absolute Gasteiger partial charge is 0.417 e. The normalized spacial score (nSPS) is 12.5. The van der Waals surface area contributed by atoms with Crippen LogP contribution >= 0.6 is 15.9 Å². The molecule has 8 heteroatoms. The Morgan fingerprint density at radius 3 is 2.54 bits per heavy atom. The second kappa shape index (κ2) is 8.53. The summed E-state index contributed by atoms with van der Waals surface area (Å²) in [6.45, 7) is 2.21. The summed E-state index contributed by atoms with van der Waals surface area (Å²) >= 11 is 3.16. The molecule has 0 bridgehead atoms. The van der Waals surface area contributed by atoms with Crippen LogP contribution in [0.2, 0.25) is 0 Å². The maximum absolute atomic E-state index is 13.4. The van der Waals surface area contributed by atoms with Gasteiger partial charge in [-0.05, 0) is 36.2 Å². The number of ether oxygens (including phenoxy) is 2. The van der Waals surface area contributed by atoms with Crippen LogP contribution in [0.1, 0.15) is 29.3 Å². The lowest BCUT2D eigenvalue weighted by molar-refractivity contribution is -0.140. The van der Waals surface area contributed by atoms with Gasteiger partial charge in [0.1, 0.15) is 10.6 Å². The molecule has 0 fully saturated rings. The SMILES string of the molecule is CCCOc1ccc(-c2ccc(C(Br)C(=O)OC)cn2)c(C(F)(F)F)c1. The van der Waals surface area contributed by atoms with E-state index in [-0.39, 0.29) is 17.0 Å². The molecule has 1 unspecified atom stereocenters. The van der Waals surface area contributed by atoms with Crippen molar-refractivity contribution in [2.24, 2.45) is 0 Å². The van der Waals surface area contributed by atoms with E-state index in [1.54, 1.807) is 0 Å². The van der Waals surface area contributed by atoms with Crippen molar-refractivity contribution in [3.63, 3.8) is 0 Å². The van der Waals surface area contributed by atoms with E-state index in [4.69, 9.17) is 4.74 Å². The van der Waals surface area contributed by atoms with Gasteiger partial charge in [0, 0.05) is 11.8 Å². The van der Waals surface area contributed by atoms with Gasteiger partial charge < -0.3 is 9.47 Å². The largest absolute Gasteiger partial charge is 0.494 e. The van der Waals surface area contributed by atoms with E-state index >= 15 is 0 Å². The van der Waals surface area contributed by atoms with Crippen LogP contribution in [0.5, 0.6) is 5.75 Å². The van der Waals surface area contributed by atoms with Crippen LogP contribution in [0.4, 0.5) is 13.2 Å². The van der Waals surface area contributed by atoms with Crippen LogP contribution in [0.3, 0.4) is 0 Å². The fourth-order valence-electron chi connectivity index (χ4n) is 2.25. The van der Waals surface area contributed by atoms with Crippen molar-refractivity contribution in [2.45, 2.75) is 24.3 Å². The molecule has 4 nitrogen and oxygen atoms in total. The first-order chi connectivity index (χ1) is 12.3. The van der Waals surface area contributed by atoms with E-state index in [9.17, 15) is 18.0 Å². The third-order valence-electron chi connectivity index (χ3n) is 3.53. The Hall–Kier alpha value is -2.09. The van der Waals surface area contributed by atoms with Gasteiger partial charge in [-0.1, -0.05) is 28.9 Å². The number of methoxy groups -OCH3 is 1. The molecule has 0 spiro atoms. The summed E-state index contributed by atoms with van der Waals surface area (Å²) in [4.78, 5) is 14.9.